The average Bonchev–Trinajstić information content (AvgIpc) is 3.04. The maximum absolute atomic E-state index is 13.5. The lowest BCUT2D eigenvalue weighted by Gasteiger charge is -2.35. The van der Waals surface area contributed by atoms with Crippen LogP contribution in [0.15, 0.2) is 18.2 Å². The highest BCUT2D eigenvalue weighted by Gasteiger charge is 2.43. The van der Waals surface area contributed by atoms with Crippen LogP contribution in [0, 0.1) is 5.82 Å². The van der Waals surface area contributed by atoms with E-state index in [0.29, 0.717) is 37.2 Å². The standard InChI is InChI=1S/C20H21FN2O7/c21-13-1-2-15-12(9-13)10-22(18(15)25)16-3-4-17(24)23(19(16)26)11-29-20(27)30-14-5-7-28-8-6-14/h1-2,9,14,16H,3-8,10-11H2. The molecular weight excluding hydrogens is 399 g/mol. The largest absolute Gasteiger partial charge is 0.510 e. The smallest absolute Gasteiger partial charge is 0.431 e. The van der Waals surface area contributed by atoms with Crippen molar-refractivity contribution in [1.29, 1.82) is 0 Å². The third kappa shape index (κ3) is 4.00. The van der Waals surface area contributed by atoms with Crippen LogP contribution in [0.2, 0.25) is 0 Å². The molecule has 1 atom stereocenters. The molecule has 1 aromatic rings. The molecule has 0 N–H and O–H groups in total. The predicted molar refractivity (Wildman–Crippen MR) is 97.4 cm³/mol. The third-order valence-corrected chi connectivity index (χ3v) is 5.50. The molecular formula is C20H21FN2O7. The molecule has 10 heteroatoms. The van der Waals surface area contributed by atoms with E-state index in [1.54, 1.807) is 0 Å². The number of halogens is 1. The number of hydrogen-bond donors (Lipinski definition) is 0. The minimum atomic E-state index is -0.968. The SMILES string of the molecule is O=C(OCN1C(=O)CCC(N2Cc3cc(F)ccc3C2=O)C1=O)OC1CCOCC1. The molecule has 9 nitrogen and oxygen atoms in total. The first kappa shape index (κ1) is 20.3. The van der Waals surface area contributed by atoms with Gasteiger partial charge in [0.2, 0.25) is 5.91 Å². The summed E-state index contributed by atoms with van der Waals surface area (Å²) >= 11 is 0. The van der Waals surface area contributed by atoms with Gasteiger partial charge in [0.05, 0.1) is 13.2 Å². The number of imide groups is 1. The highest BCUT2D eigenvalue weighted by Crippen LogP contribution is 2.29. The zero-order valence-corrected chi connectivity index (χ0v) is 16.2. The molecule has 0 aliphatic carbocycles. The number of rotatable bonds is 4. The molecule has 2 fully saturated rings. The summed E-state index contributed by atoms with van der Waals surface area (Å²) in [4.78, 5) is 51.8. The Morgan fingerprint density at radius 1 is 1.17 bits per heavy atom. The summed E-state index contributed by atoms with van der Waals surface area (Å²) < 4.78 is 28.8. The minimum absolute atomic E-state index is 0.0171. The van der Waals surface area contributed by atoms with Gasteiger partial charge >= 0.3 is 6.16 Å². The topological polar surface area (TPSA) is 102 Å². The fraction of sp³-hybridized carbons (Fsp3) is 0.500. The Balaban J connectivity index is 1.38. The van der Waals surface area contributed by atoms with E-state index in [1.807, 2.05) is 0 Å². The second kappa shape index (κ2) is 8.39. The lowest BCUT2D eigenvalue weighted by molar-refractivity contribution is -0.157. The summed E-state index contributed by atoms with van der Waals surface area (Å²) in [6.45, 7) is 0.467. The normalized spacial score (nSPS) is 22.3. The van der Waals surface area contributed by atoms with Gasteiger partial charge in [-0.3, -0.25) is 14.4 Å². The van der Waals surface area contributed by atoms with Crippen LogP contribution in [0.25, 0.3) is 0 Å². The van der Waals surface area contributed by atoms with E-state index in [9.17, 15) is 23.6 Å². The van der Waals surface area contributed by atoms with E-state index in [-0.39, 0.29) is 25.5 Å². The quantitative estimate of drug-likeness (QED) is 0.538. The first-order chi connectivity index (χ1) is 14.4. The molecule has 3 amide bonds. The van der Waals surface area contributed by atoms with Gasteiger partial charge in [0, 0.05) is 31.4 Å². The molecule has 0 radical (unpaired) electrons. The maximum atomic E-state index is 13.5. The van der Waals surface area contributed by atoms with Crippen LogP contribution in [0.4, 0.5) is 9.18 Å². The second-order valence-electron chi connectivity index (χ2n) is 7.40. The van der Waals surface area contributed by atoms with E-state index in [0.717, 1.165) is 4.90 Å². The van der Waals surface area contributed by atoms with E-state index >= 15 is 0 Å². The van der Waals surface area contributed by atoms with Crippen LogP contribution in [-0.2, 0) is 30.3 Å². The second-order valence-corrected chi connectivity index (χ2v) is 7.40. The number of benzene rings is 1. The zero-order chi connectivity index (χ0) is 21.3. The van der Waals surface area contributed by atoms with Gasteiger partial charge < -0.3 is 19.1 Å². The highest BCUT2D eigenvalue weighted by atomic mass is 19.1. The molecule has 0 bridgehead atoms. The third-order valence-electron chi connectivity index (χ3n) is 5.50. The van der Waals surface area contributed by atoms with Crippen LogP contribution < -0.4 is 0 Å². The van der Waals surface area contributed by atoms with Crippen molar-refractivity contribution in [2.75, 3.05) is 19.9 Å². The fourth-order valence-corrected chi connectivity index (χ4v) is 3.89. The first-order valence-corrected chi connectivity index (χ1v) is 9.79. The lowest BCUT2D eigenvalue weighted by Crippen LogP contribution is -2.55. The van der Waals surface area contributed by atoms with Crippen LogP contribution >= 0.6 is 0 Å². The zero-order valence-electron chi connectivity index (χ0n) is 16.2. The van der Waals surface area contributed by atoms with Gasteiger partial charge in [-0.15, -0.1) is 0 Å². The Hall–Kier alpha value is -3.01. The van der Waals surface area contributed by atoms with Crippen LogP contribution in [0.3, 0.4) is 0 Å². The van der Waals surface area contributed by atoms with Crippen LogP contribution in [0.1, 0.15) is 41.6 Å². The van der Waals surface area contributed by atoms with E-state index < -0.39 is 42.5 Å². The summed E-state index contributed by atoms with van der Waals surface area (Å²) in [5, 5.41) is 0. The Morgan fingerprint density at radius 2 is 1.93 bits per heavy atom. The van der Waals surface area contributed by atoms with Crippen molar-refractivity contribution in [3.05, 3.63) is 35.1 Å². The number of ether oxygens (including phenoxy) is 3. The predicted octanol–water partition coefficient (Wildman–Crippen LogP) is 1.59. The molecule has 0 aromatic heterocycles. The van der Waals surface area contributed by atoms with Crippen molar-refractivity contribution in [2.45, 2.75) is 44.4 Å². The Labute approximate surface area is 171 Å². The number of amides is 3. The summed E-state index contributed by atoms with van der Waals surface area (Å²) in [6, 6.07) is 2.95. The molecule has 4 rings (SSSR count). The van der Waals surface area contributed by atoms with Crippen LogP contribution in [0.5, 0.6) is 0 Å². The van der Waals surface area contributed by atoms with Gasteiger partial charge in [-0.2, -0.15) is 0 Å². The number of fused-ring (bicyclic) bond motifs is 1. The van der Waals surface area contributed by atoms with E-state index in [2.05, 4.69) is 0 Å². The minimum Gasteiger partial charge on any atom is -0.431 e. The molecule has 1 unspecified atom stereocenters. The Kier molecular flexibility index (Phi) is 5.67. The fourth-order valence-electron chi connectivity index (χ4n) is 3.89. The van der Waals surface area contributed by atoms with Crippen molar-refractivity contribution < 1.29 is 37.8 Å². The number of likely N-dealkylation sites (tertiary alicyclic amines) is 1. The van der Waals surface area contributed by atoms with Crippen molar-refractivity contribution in [3.63, 3.8) is 0 Å². The van der Waals surface area contributed by atoms with Crippen molar-refractivity contribution in [2.24, 2.45) is 0 Å². The highest BCUT2D eigenvalue weighted by molar-refractivity contribution is 6.05. The number of carbonyl (C=O) groups excluding carboxylic acids is 4. The molecule has 0 spiro atoms. The van der Waals surface area contributed by atoms with Gasteiger partial charge in [-0.1, -0.05) is 0 Å². The molecule has 1 aromatic carbocycles. The monoisotopic (exact) mass is 420 g/mol. The number of carbonyl (C=O) groups is 4. The van der Waals surface area contributed by atoms with Gasteiger partial charge in [0.15, 0.2) is 6.73 Å². The summed E-state index contributed by atoms with van der Waals surface area (Å²) in [5.74, 6) is -1.99. The summed E-state index contributed by atoms with van der Waals surface area (Å²) in [7, 11) is 0. The lowest BCUT2D eigenvalue weighted by atomic mass is 10.0. The van der Waals surface area contributed by atoms with Gasteiger partial charge in [-0.05, 0) is 30.2 Å². The molecule has 3 heterocycles. The number of piperidine rings is 1. The van der Waals surface area contributed by atoms with Crippen molar-refractivity contribution in [3.8, 4) is 0 Å². The summed E-state index contributed by atoms with van der Waals surface area (Å²) in [6.07, 6.45) is -0.0160. The maximum Gasteiger partial charge on any atom is 0.510 e. The number of nitrogens with zero attached hydrogens (tertiary/aromatic N) is 2. The van der Waals surface area contributed by atoms with Crippen LogP contribution in [-0.4, -0.2) is 65.8 Å². The average molecular weight is 420 g/mol. The summed E-state index contributed by atoms with van der Waals surface area (Å²) in [5.41, 5.74) is 0.830. The number of hydrogen-bond acceptors (Lipinski definition) is 7. The van der Waals surface area contributed by atoms with E-state index in [4.69, 9.17) is 14.2 Å². The van der Waals surface area contributed by atoms with Gasteiger partial charge in [0.25, 0.3) is 11.8 Å². The van der Waals surface area contributed by atoms with E-state index in [1.165, 1.54) is 23.1 Å². The molecule has 3 aliphatic rings. The molecule has 3 aliphatic heterocycles. The van der Waals surface area contributed by atoms with Gasteiger partial charge in [0.1, 0.15) is 18.0 Å². The van der Waals surface area contributed by atoms with Crippen molar-refractivity contribution in [1.82, 2.24) is 9.80 Å². The molecule has 30 heavy (non-hydrogen) atoms. The Morgan fingerprint density at radius 3 is 2.70 bits per heavy atom. The molecule has 0 saturated carbocycles. The van der Waals surface area contributed by atoms with Crippen molar-refractivity contribution >= 4 is 23.9 Å². The first-order valence-electron chi connectivity index (χ1n) is 9.79. The van der Waals surface area contributed by atoms with Gasteiger partial charge in [-0.25, -0.2) is 14.1 Å². The molecule has 2 saturated heterocycles. The molecule has 160 valence electrons. The Bertz CT molecular complexity index is 884.